The van der Waals surface area contributed by atoms with Crippen LogP contribution in [-0.4, -0.2) is 17.5 Å². The minimum atomic E-state index is -0.692. The third-order valence-corrected chi connectivity index (χ3v) is 2.09. The predicted octanol–water partition coefficient (Wildman–Crippen LogP) is 2.21. The zero-order valence-corrected chi connectivity index (χ0v) is 12.2. The summed E-state index contributed by atoms with van der Waals surface area (Å²) in [6, 6.07) is 7.22. The maximum Gasteiger partial charge on any atom is 0.436 e. The number of halogens is 1. The van der Waals surface area contributed by atoms with Gasteiger partial charge in [-0.25, -0.2) is 4.79 Å². The lowest BCUT2D eigenvalue weighted by Crippen LogP contribution is -2.24. The summed E-state index contributed by atoms with van der Waals surface area (Å²) in [4.78, 5) is 15.1. The molecule has 19 heavy (non-hydrogen) atoms. The Morgan fingerprint density at radius 1 is 1.26 bits per heavy atom. The summed E-state index contributed by atoms with van der Waals surface area (Å²) in [5.74, 6) is 0.132. The molecule has 0 bridgehead atoms. The molecular formula is C13H20ClN3O2. The Balaban J connectivity index is 0.00000324. The SMILES string of the molecule is CC(C)(C)OC(=O)/N=C(\N)c1ccc(CN)cc1.Cl. The standard InChI is InChI=1S/C13H19N3O2.ClH/c1-13(2,3)18-12(17)16-11(15)10-6-4-9(8-14)5-7-10;/h4-7H,8,14H2,1-3H3,(H2,15,16,17);1H. The third-order valence-electron chi connectivity index (χ3n) is 2.09. The molecule has 1 amide bonds. The Hall–Kier alpha value is -1.59. The smallest absolute Gasteiger partial charge is 0.436 e. The zero-order valence-electron chi connectivity index (χ0n) is 11.3. The molecule has 0 aliphatic carbocycles. The number of amides is 1. The van der Waals surface area contributed by atoms with Crippen molar-refractivity contribution in [1.82, 2.24) is 0 Å². The van der Waals surface area contributed by atoms with E-state index >= 15 is 0 Å². The van der Waals surface area contributed by atoms with Crippen LogP contribution in [0.5, 0.6) is 0 Å². The van der Waals surface area contributed by atoms with E-state index in [0.29, 0.717) is 12.1 Å². The van der Waals surface area contributed by atoms with E-state index in [2.05, 4.69) is 4.99 Å². The normalized spacial score (nSPS) is 11.7. The van der Waals surface area contributed by atoms with E-state index in [1.807, 2.05) is 12.1 Å². The van der Waals surface area contributed by atoms with Gasteiger partial charge in [0.2, 0.25) is 0 Å². The Morgan fingerprint density at radius 3 is 2.21 bits per heavy atom. The van der Waals surface area contributed by atoms with E-state index in [1.165, 1.54) is 0 Å². The third kappa shape index (κ3) is 6.22. The maximum atomic E-state index is 11.5. The van der Waals surface area contributed by atoms with Crippen molar-refractivity contribution in [2.45, 2.75) is 32.9 Å². The highest BCUT2D eigenvalue weighted by atomic mass is 35.5. The van der Waals surface area contributed by atoms with Crippen molar-refractivity contribution >= 4 is 24.3 Å². The summed E-state index contributed by atoms with van der Waals surface area (Å²) >= 11 is 0. The van der Waals surface area contributed by atoms with Crippen molar-refractivity contribution in [2.24, 2.45) is 16.5 Å². The molecule has 0 unspecified atom stereocenters. The summed E-state index contributed by atoms with van der Waals surface area (Å²) in [6.45, 7) is 5.77. The van der Waals surface area contributed by atoms with Crippen LogP contribution in [-0.2, 0) is 11.3 Å². The average molecular weight is 286 g/mol. The first-order chi connectivity index (χ1) is 8.31. The van der Waals surface area contributed by atoms with E-state index in [4.69, 9.17) is 16.2 Å². The van der Waals surface area contributed by atoms with Gasteiger partial charge in [0, 0.05) is 12.1 Å². The van der Waals surface area contributed by atoms with E-state index in [1.54, 1.807) is 32.9 Å². The molecule has 1 aromatic rings. The molecule has 0 radical (unpaired) electrons. The first kappa shape index (κ1) is 17.4. The molecule has 106 valence electrons. The van der Waals surface area contributed by atoms with E-state index in [-0.39, 0.29) is 18.2 Å². The average Bonchev–Trinajstić information content (AvgIpc) is 2.26. The number of hydrogen-bond acceptors (Lipinski definition) is 3. The van der Waals surface area contributed by atoms with Gasteiger partial charge in [0.15, 0.2) is 0 Å². The van der Waals surface area contributed by atoms with Crippen molar-refractivity contribution in [3.05, 3.63) is 35.4 Å². The molecule has 0 heterocycles. The first-order valence-corrected chi connectivity index (χ1v) is 5.68. The monoisotopic (exact) mass is 285 g/mol. The molecule has 0 fully saturated rings. The highest BCUT2D eigenvalue weighted by Crippen LogP contribution is 2.09. The van der Waals surface area contributed by atoms with Gasteiger partial charge in [-0.1, -0.05) is 24.3 Å². The topological polar surface area (TPSA) is 90.7 Å². The molecule has 0 aliphatic heterocycles. The Kier molecular flexibility index (Phi) is 6.52. The molecule has 0 spiro atoms. The van der Waals surface area contributed by atoms with Crippen molar-refractivity contribution in [2.75, 3.05) is 0 Å². The number of carbonyl (C=O) groups excluding carboxylic acids is 1. The number of ether oxygens (including phenoxy) is 1. The highest BCUT2D eigenvalue weighted by Gasteiger charge is 2.16. The number of hydrogen-bond donors (Lipinski definition) is 2. The number of amidine groups is 1. The summed E-state index contributed by atoms with van der Waals surface area (Å²) in [7, 11) is 0. The van der Waals surface area contributed by atoms with Crippen LogP contribution < -0.4 is 11.5 Å². The van der Waals surface area contributed by atoms with Gasteiger partial charge in [-0.2, -0.15) is 4.99 Å². The molecule has 0 aromatic heterocycles. The lowest BCUT2D eigenvalue weighted by atomic mass is 10.1. The van der Waals surface area contributed by atoms with Crippen LogP contribution in [0.15, 0.2) is 29.3 Å². The molecular weight excluding hydrogens is 266 g/mol. The van der Waals surface area contributed by atoms with Gasteiger partial charge in [-0.15, -0.1) is 12.4 Å². The summed E-state index contributed by atoms with van der Waals surface area (Å²) in [6.07, 6.45) is -0.692. The molecule has 0 saturated carbocycles. The fraction of sp³-hybridized carbons (Fsp3) is 0.385. The summed E-state index contributed by atoms with van der Waals surface area (Å²) in [5, 5.41) is 0. The number of benzene rings is 1. The first-order valence-electron chi connectivity index (χ1n) is 5.68. The number of nitrogens with two attached hydrogens (primary N) is 2. The number of nitrogens with zero attached hydrogens (tertiary/aromatic N) is 1. The van der Waals surface area contributed by atoms with Gasteiger partial charge < -0.3 is 16.2 Å². The van der Waals surface area contributed by atoms with Gasteiger partial charge in [0.1, 0.15) is 11.4 Å². The molecule has 0 atom stereocenters. The fourth-order valence-electron chi connectivity index (χ4n) is 1.26. The van der Waals surface area contributed by atoms with Crippen molar-refractivity contribution in [3.63, 3.8) is 0 Å². The molecule has 5 nitrogen and oxygen atoms in total. The maximum absolute atomic E-state index is 11.5. The molecule has 4 N–H and O–H groups in total. The van der Waals surface area contributed by atoms with Gasteiger partial charge in [-0.3, -0.25) is 0 Å². The second-order valence-corrected chi connectivity index (χ2v) is 4.88. The molecule has 0 aliphatic rings. The van der Waals surface area contributed by atoms with Crippen molar-refractivity contribution < 1.29 is 9.53 Å². The predicted molar refractivity (Wildman–Crippen MR) is 78.5 cm³/mol. The van der Waals surface area contributed by atoms with Crippen LogP contribution in [0.1, 0.15) is 31.9 Å². The van der Waals surface area contributed by atoms with Gasteiger partial charge in [-0.05, 0) is 26.3 Å². The number of rotatable bonds is 2. The minimum Gasteiger partial charge on any atom is -0.442 e. The van der Waals surface area contributed by atoms with Gasteiger partial charge in [0.25, 0.3) is 0 Å². The molecule has 1 rings (SSSR count). The van der Waals surface area contributed by atoms with Gasteiger partial charge in [0.05, 0.1) is 0 Å². The number of carbonyl (C=O) groups is 1. The quantitative estimate of drug-likeness (QED) is 0.644. The van der Waals surface area contributed by atoms with Crippen LogP contribution in [0.2, 0.25) is 0 Å². The Morgan fingerprint density at radius 2 is 1.79 bits per heavy atom. The van der Waals surface area contributed by atoms with Crippen LogP contribution in [0.3, 0.4) is 0 Å². The molecule has 1 aromatic carbocycles. The zero-order chi connectivity index (χ0) is 13.8. The lowest BCUT2D eigenvalue weighted by Gasteiger charge is -2.17. The van der Waals surface area contributed by atoms with Crippen LogP contribution >= 0.6 is 12.4 Å². The van der Waals surface area contributed by atoms with E-state index in [9.17, 15) is 4.79 Å². The van der Waals surface area contributed by atoms with Crippen LogP contribution in [0.4, 0.5) is 4.79 Å². The fourth-order valence-corrected chi connectivity index (χ4v) is 1.26. The van der Waals surface area contributed by atoms with Crippen molar-refractivity contribution in [3.8, 4) is 0 Å². The minimum absolute atomic E-state index is 0. The lowest BCUT2D eigenvalue weighted by molar-refractivity contribution is 0.0604. The Bertz CT molecular complexity index is 450. The second-order valence-electron chi connectivity index (χ2n) is 4.88. The highest BCUT2D eigenvalue weighted by molar-refractivity contribution is 6.02. The molecule has 6 heteroatoms. The van der Waals surface area contributed by atoms with E-state index < -0.39 is 11.7 Å². The van der Waals surface area contributed by atoms with Crippen LogP contribution in [0.25, 0.3) is 0 Å². The van der Waals surface area contributed by atoms with E-state index in [0.717, 1.165) is 5.56 Å². The van der Waals surface area contributed by atoms with Crippen LogP contribution in [0, 0.1) is 0 Å². The molecule has 0 saturated heterocycles. The van der Waals surface area contributed by atoms with Gasteiger partial charge >= 0.3 is 6.09 Å². The largest absolute Gasteiger partial charge is 0.442 e. The van der Waals surface area contributed by atoms with Crippen molar-refractivity contribution in [1.29, 1.82) is 0 Å². The summed E-state index contributed by atoms with van der Waals surface area (Å²) < 4.78 is 5.05. The number of aliphatic imine (C=N–C) groups is 1. The Labute approximate surface area is 119 Å². The second kappa shape index (κ2) is 7.11. The summed E-state index contributed by atoms with van der Waals surface area (Å²) in [5.41, 5.74) is 12.3.